The third-order valence-corrected chi connectivity index (χ3v) is 5.35. The number of methoxy groups -OCH3 is 1. The van der Waals surface area contributed by atoms with Crippen molar-refractivity contribution in [3.8, 4) is 5.75 Å². The number of carbonyl (C=O) groups is 1. The van der Waals surface area contributed by atoms with Crippen molar-refractivity contribution in [1.82, 2.24) is 4.90 Å². The third kappa shape index (κ3) is 5.49. The summed E-state index contributed by atoms with van der Waals surface area (Å²) in [5, 5.41) is 0.587. The second-order valence-corrected chi connectivity index (χ2v) is 7.85. The Labute approximate surface area is 172 Å². The lowest BCUT2D eigenvalue weighted by Crippen LogP contribution is -2.38. The van der Waals surface area contributed by atoms with Crippen molar-refractivity contribution in [2.75, 3.05) is 13.7 Å². The quantitative estimate of drug-likeness (QED) is 0.599. The van der Waals surface area contributed by atoms with Gasteiger partial charge < -0.3 is 14.4 Å². The number of carbonyl (C=O) groups excluding carboxylic acids is 1. The van der Waals surface area contributed by atoms with Crippen molar-refractivity contribution in [2.45, 2.75) is 51.3 Å². The number of ether oxygens (including phenoxy) is 2. The van der Waals surface area contributed by atoms with Gasteiger partial charge in [-0.3, -0.25) is 4.79 Å². The average molecular weight is 402 g/mol. The Morgan fingerprint density at radius 1 is 1.18 bits per heavy atom. The highest BCUT2D eigenvalue weighted by Gasteiger charge is 2.27. The molecule has 0 aromatic heterocycles. The van der Waals surface area contributed by atoms with Gasteiger partial charge in [0.05, 0.1) is 6.61 Å². The molecular formula is C23H28ClNO3. The number of rotatable bonds is 8. The number of hydrogen-bond donors (Lipinski definition) is 0. The summed E-state index contributed by atoms with van der Waals surface area (Å²) in [7, 11) is 1.66. The number of amides is 1. The molecule has 1 fully saturated rings. The molecule has 3 rings (SSSR count). The predicted octanol–water partition coefficient (Wildman–Crippen LogP) is 5.34. The minimum absolute atomic E-state index is 0.00440. The smallest absolute Gasteiger partial charge is 0.254 e. The van der Waals surface area contributed by atoms with Crippen LogP contribution in [0.2, 0.25) is 5.02 Å². The van der Waals surface area contributed by atoms with E-state index in [0.29, 0.717) is 23.7 Å². The predicted molar refractivity (Wildman–Crippen MR) is 112 cm³/mol. The minimum atomic E-state index is -0.00440. The third-order valence-electron chi connectivity index (χ3n) is 5.11. The van der Waals surface area contributed by atoms with Gasteiger partial charge in [-0.25, -0.2) is 0 Å². The summed E-state index contributed by atoms with van der Waals surface area (Å²) < 4.78 is 10.9. The van der Waals surface area contributed by atoms with Crippen LogP contribution in [0.1, 0.15) is 48.5 Å². The van der Waals surface area contributed by atoms with Gasteiger partial charge in [0, 0.05) is 30.3 Å². The molecule has 1 aliphatic rings. The molecule has 1 amide bonds. The van der Waals surface area contributed by atoms with E-state index in [9.17, 15) is 4.79 Å². The van der Waals surface area contributed by atoms with Crippen LogP contribution in [-0.4, -0.2) is 36.7 Å². The molecule has 0 aliphatic heterocycles. The van der Waals surface area contributed by atoms with Crippen LogP contribution in [0.5, 0.6) is 5.75 Å². The van der Waals surface area contributed by atoms with Crippen molar-refractivity contribution in [3.05, 3.63) is 64.7 Å². The van der Waals surface area contributed by atoms with Gasteiger partial charge in [0.2, 0.25) is 0 Å². The Morgan fingerprint density at radius 3 is 2.54 bits per heavy atom. The molecule has 4 nitrogen and oxygen atoms in total. The van der Waals surface area contributed by atoms with E-state index in [-0.39, 0.29) is 18.1 Å². The Hall–Kier alpha value is -2.04. The lowest BCUT2D eigenvalue weighted by atomic mass is 10.1. The number of benzene rings is 2. The van der Waals surface area contributed by atoms with E-state index in [1.165, 1.54) is 12.8 Å². The van der Waals surface area contributed by atoms with Crippen molar-refractivity contribution in [1.29, 1.82) is 0 Å². The van der Waals surface area contributed by atoms with Gasteiger partial charge in [-0.1, -0.05) is 42.6 Å². The molecular weight excluding hydrogens is 374 g/mol. The zero-order valence-corrected chi connectivity index (χ0v) is 17.3. The van der Waals surface area contributed by atoms with E-state index in [0.717, 1.165) is 24.2 Å². The van der Waals surface area contributed by atoms with E-state index in [1.54, 1.807) is 19.2 Å². The topological polar surface area (TPSA) is 38.8 Å². The summed E-state index contributed by atoms with van der Waals surface area (Å²) in [5.41, 5.74) is 1.74. The average Bonchev–Trinajstić information content (AvgIpc) is 3.21. The van der Waals surface area contributed by atoms with Crippen LogP contribution in [0, 0.1) is 0 Å². The first kappa shape index (κ1) is 20.7. The van der Waals surface area contributed by atoms with Crippen LogP contribution in [-0.2, 0) is 11.3 Å². The van der Waals surface area contributed by atoms with Crippen molar-refractivity contribution in [3.63, 3.8) is 0 Å². The summed E-state index contributed by atoms with van der Waals surface area (Å²) in [6.45, 7) is 3.11. The van der Waals surface area contributed by atoms with Gasteiger partial charge in [0.1, 0.15) is 11.9 Å². The zero-order valence-electron chi connectivity index (χ0n) is 16.6. The normalized spacial score (nSPS) is 15.4. The molecule has 0 unspecified atom stereocenters. The number of halogens is 1. The van der Waals surface area contributed by atoms with Crippen LogP contribution in [0.25, 0.3) is 0 Å². The molecule has 0 heterocycles. The second kappa shape index (κ2) is 9.94. The van der Waals surface area contributed by atoms with Crippen molar-refractivity contribution < 1.29 is 14.3 Å². The van der Waals surface area contributed by atoms with Crippen LogP contribution in [0.15, 0.2) is 48.5 Å². The van der Waals surface area contributed by atoms with Gasteiger partial charge in [0.25, 0.3) is 5.91 Å². The van der Waals surface area contributed by atoms with Gasteiger partial charge in [-0.2, -0.15) is 0 Å². The first-order chi connectivity index (χ1) is 13.6. The van der Waals surface area contributed by atoms with E-state index in [1.807, 2.05) is 48.2 Å². The van der Waals surface area contributed by atoms with Gasteiger partial charge in [-0.15, -0.1) is 0 Å². The maximum atomic E-state index is 13.2. The molecule has 1 saturated carbocycles. The molecule has 0 N–H and O–H groups in total. The fraction of sp³-hybridized carbons (Fsp3) is 0.435. The monoisotopic (exact) mass is 401 g/mol. The first-order valence-electron chi connectivity index (χ1n) is 9.88. The van der Waals surface area contributed by atoms with Gasteiger partial charge in [-0.05, 0) is 55.7 Å². The summed E-state index contributed by atoms with van der Waals surface area (Å²) in [4.78, 5) is 15.2. The van der Waals surface area contributed by atoms with E-state index in [4.69, 9.17) is 21.1 Å². The fourth-order valence-electron chi connectivity index (χ4n) is 3.74. The second-order valence-electron chi connectivity index (χ2n) is 7.41. The molecule has 0 spiro atoms. The Bertz CT molecular complexity index is 772. The van der Waals surface area contributed by atoms with E-state index >= 15 is 0 Å². The zero-order chi connectivity index (χ0) is 19.9. The van der Waals surface area contributed by atoms with E-state index < -0.39 is 0 Å². The largest absolute Gasteiger partial charge is 0.488 e. The van der Waals surface area contributed by atoms with Gasteiger partial charge in [0.15, 0.2) is 0 Å². The first-order valence-corrected chi connectivity index (χ1v) is 10.3. The van der Waals surface area contributed by atoms with Crippen LogP contribution in [0.3, 0.4) is 0 Å². The SMILES string of the molecule is COC[C@@H](C)Oc1ccc(CN(C(=O)c2cccc(Cl)c2)C2CCCC2)cc1. The van der Waals surface area contributed by atoms with Crippen molar-refractivity contribution in [2.24, 2.45) is 0 Å². The summed E-state index contributed by atoms with van der Waals surface area (Å²) in [6.07, 6.45) is 4.46. The highest BCUT2D eigenvalue weighted by molar-refractivity contribution is 6.30. The fourth-order valence-corrected chi connectivity index (χ4v) is 3.93. The minimum Gasteiger partial charge on any atom is -0.488 e. The van der Waals surface area contributed by atoms with Gasteiger partial charge >= 0.3 is 0 Å². The molecule has 150 valence electrons. The van der Waals surface area contributed by atoms with Crippen LogP contribution in [0.4, 0.5) is 0 Å². The molecule has 5 heteroatoms. The highest BCUT2D eigenvalue weighted by atomic mass is 35.5. The molecule has 1 atom stereocenters. The lowest BCUT2D eigenvalue weighted by molar-refractivity contribution is 0.0664. The maximum Gasteiger partial charge on any atom is 0.254 e. The molecule has 0 bridgehead atoms. The summed E-state index contributed by atoms with van der Waals surface area (Å²) in [5.74, 6) is 0.852. The Balaban J connectivity index is 1.73. The van der Waals surface area contributed by atoms with Crippen LogP contribution >= 0.6 is 11.6 Å². The lowest BCUT2D eigenvalue weighted by Gasteiger charge is -2.29. The molecule has 1 aliphatic carbocycles. The summed E-state index contributed by atoms with van der Waals surface area (Å²) in [6, 6.07) is 15.5. The molecule has 2 aromatic rings. The molecule has 0 saturated heterocycles. The molecule has 28 heavy (non-hydrogen) atoms. The van der Waals surface area contributed by atoms with Crippen LogP contribution < -0.4 is 4.74 Å². The standard InChI is InChI=1S/C23H28ClNO3/c1-17(16-27-2)28-22-12-10-18(11-13-22)15-25(21-8-3-4-9-21)23(26)19-6-5-7-20(24)14-19/h5-7,10-14,17,21H,3-4,8-9,15-16H2,1-2H3/t17-/m1/s1. The van der Waals surface area contributed by atoms with Crippen molar-refractivity contribution >= 4 is 17.5 Å². The summed E-state index contributed by atoms with van der Waals surface area (Å²) >= 11 is 6.10. The molecule has 2 aromatic carbocycles. The Kier molecular flexibility index (Phi) is 7.35. The highest BCUT2D eigenvalue weighted by Crippen LogP contribution is 2.27. The molecule has 0 radical (unpaired) electrons. The number of hydrogen-bond acceptors (Lipinski definition) is 3. The Morgan fingerprint density at radius 2 is 1.89 bits per heavy atom. The maximum absolute atomic E-state index is 13.2. The van der Waals surface area contributed by atoms with E-state index in [2.05, 4.69) is 0 Å². The number of nitrogens with zero attached hydrogens (tertiary/aromatic N) is 1.